The number of ether oxygens (including phenoxy) is 4. The largest absolute Gasteiger partial charge is 0.472 e. The smallest absolute Gasteiger partial charge is 0.462 e. The lowest BCUT2D eigenvalue weighted by Gasteiger charge is -2.21. The molecule has 0 aliphatic carbocycles. The van der Waals surface area contributed by atoms with Crippen LogP contribution in [0, 0.1) is 0 Å². The van der Waals surface area contributed by atoms with Gasteiger partial charge in [-0.05, 0) is 19.3 Å². The molecule has 0 spiro atoms. The normalized spacial score (nSPS) is 15.3. The van der Waals surface area contributed by atoms with E-state index in [9.17, 15) is 43.2 Å². The maximum atomic E-state index is 12.5. The zero-order valence-corrected chi connectivity index (χ0v) is 34.4. The predicted molar refractivity (Wildman–Crippen MR) is 197 cm³/mol. The Kier molecular flexibility index (Phi) is 31.0. The van der Waals surface area contributed by atoms with Crippen molar-refractivity contribution in [3.05, 3.63) is 0 Å². The first-order valence-electron chi connectivity index (χ1n) is 19.3. The lowest BCUT2D eigenvalue weighted by molar-refractivity contribution is -0.161. The van der Waals surface area contributed by atoms with Gasteiger partial charge in [-0.2, -0.15) is 0 Å². The molecule has 318 valence electrons. The number of phosphoric acid groups is 2. The third kappa shape index (κ3) is 31.3. The van der Waals surface area contributed by atoms with Crippen molar-refractivity contribution in [1.29, 1.82) is 0 Å². The van der Waals surface area contributed by atoms with Crippen molar-refractivity contribution in [2.75, 3.05) is 39.6 Å². The van der Waals surface area contributed by atoms with Crippen LogP contribution in [0.15, 0.2) is 0 Å². The maximum absolute atomic E-state index is 12.5. The first-order chi connectivity index (χ1) is 25.7. The Morgan fingerprint density at radius 1 is 0.463 bits per heavy atom. The van der Waals surface area contributed by atoms with Crippen LogP contribution in [0.5, 0.6) is 0 Å². The first kappa shape index (κ1) is 52.1. The van der Waals surface area contributed by atoms with Crippen LogP contribution in [0.4, 0.5) is 0 Å². The Morgan fingerprint density at radius 2 is 0.852 bits per heavy atom. The van der Waals surface area contributed by atoms with Crippen LogP contribution in [0.3, 0.4) is 0 Å². The molecule has 17 nitrogen and oxygen atoms in total. The highest BCUT2D eigenvalue weighted by Crippen LogP contribution is 2.45. The van der Waals surface area contributed by atoms with E-state index < -0.39 is 97.5 Å². The summed E-state index contributed by atoms with van der Waals surface area (Å²) in [5, 5.41) is 10.1. The molecule has 0 saturated carbocycles. The second kappa shape index (κ2) is 32.2. The van der Waals surface area contributed by atoms with Crippen LogP contribution < -0.4 is 0 Å². The molecule has 0 aromatic rings. The van der Waals surface area contributed by atoms with Gasteiger partial charge in [0.25, 0.3) is 0 Å². The number of carbonyl (C=O) groups excluding carboxylic acids is 4. The third-order valence-corrected chi connectivity index (χ3v) is 9.53. The molecule has 3 N–H and O–H groups in total. The van der Waals surface area contributed by atoms with Crippen molar-refractivity contribution >= 4 is 39.5 Å². The van der Waals surface area contributed by atoms with Gasteiger partial charge in [0.1, 0.15) is 19.3 Å². The fourth-order valence-electron chi connectivity index (χ4n) is 4.56. The lowest BCUT2D eigenvalue weighted by Crippen LogP contribution is -2.30. The van der Waals surface area contributed by atoms with Crippen molar-refractivity contribution < 1.29 is 80.2 Å². The van der Waals surface area contributed by atoms with Gasteiger partial charge in [0.15, 0.2) is 12.2 Å². The summed E-state index contributed by atoms with van der Waals surface area (Å²) in [6.45, 7) is 3.37. The fraction of sp³-hybridized carbons (Fsp3) is 0.886. The molecule has 54 heavy (non-hydrogen) atoms. The van der Waals surface area contributed by atoms with E-state index in [1.165, 1.54) is 38.5 Å². The average molecular weight is 821 g/mol. The molecule has 0 aliphatic heterocycles. The molecule has 2 unspecified atom stereocenters. The van der Waals surface area contributed by atoms with Crippen molar-refractivity contribution in [1.82, 2.24) is 0 Å². The Morgan fingerprint density at radius 3 is 1.28 bits per heavy atom. The van der Waals surface area contributed by atoms with Gasteiger partial charge in [0, 0.05) is 25.7 Å². The minimum atomic E-state index is -4.88. The SMILES string of the molecule is CCCCCCCCCCCCCC(=O)O[C@H](COC(=O)CC)COP(=O)(O)OC[C@@H](O)COP(=O)(O)OC[C@@H](COC(=O)CCC)OC(=O)CCCC. The zero-order chi connectivity index (χ0) is 40.7. The number of hydrogen-bond donors (Lipinski definition) is 3. The summed E-state index contributed by atoms with van der Waals surface area (Å²) < 4.78 is 64.7. The van der Waals surface area contributed by atoms with Gasteiger partial charge < -0.3 is 33.8 Å². The van der Waals surface area contributed by atoms with Crippen LogP contribution in [0.2, 0.25) is 0 Å². The van der Waals surface area contributed by atoms with Crippen molar-refractivity contribution in [3.63, 3.8) is 0 Å². The van der Waals surface area contributed by atoms with Crippen LogP contribution in [-0.4, -0.2) is 96.7 Å². The second-order valence-electron chi connectivity index (χ2n) is 12.9. The molecule has 0 radical (unpaired) electrons. The highest BCUT2D eigenvalue weighted by Gasteiger charge is 2.30. The third-order valence-electron chi connectivity index (χ3n) is 7.63. The Bertz CT molecular complexity index is 1120. The minimum Gasteiger partial charge on any atom is -0.462 e. The molecule has 0 amide bonds. The van der Waals surface area contributed by atoms with E-state index >= 15 is 0 Å². The molecule has 0 rings (SSSR count). The van der Waals surface area contributed by atoms with Crippen molar-refractivity contribution in [2.24, 2.45) is 0 Å². The summed E-state index contributed by atoms with van der Waals surface area (Å²) in [5.74, 6) is -2.37. The predicted octanol–water partition coefficient (Wildman–Crippen LogP) is 6.63. The molecule has 0 aliphatic rings. The lowest BCUT2D eigenvalue weighted by atomic mass is 10.1. The number of hydrogen-bond acceptors (Lipinski definition) is 15. The zero-order valence-electron chi connectivity index (χ0n) is 32.7. The van der Waals surface area contributed by atoms with Crippen LogP contribution in [0.1, 0.15) is 143 Å². The van der Waals surface area contributed by atoms with E-state index in [-0.39, 0.29) is 25.7 Å². The van der Waals surface area contributed by atoms with E-state index in [1.54, 1.807) is 13.8 Å². The van der Waals surface area contributed by atoms with E-state index in [0.29, 0.717) is 19.3 Å². The van der Waals surface area contributed by atoms with E-state index in [1.807, 2.05) is 6.92 Å². The molecule has 0 aromatic heterocycles. The van der Waals surface area contributed by atoms with E-state index in [4.69, 9.17) is 37.0 Å². The van der Waals surface area contributed by atoms with Crippen LogP contribution >= 0.6 is 15.6 Å². The summed E-state index contributed by atoms with van der Waals surface area (Å²) in [4.78, 5) is 68.1. The number of phosphoric ester groups is 2. The van der Waals surface area contributed by atoms with Crippen LogP contribution in [-0.2, 0) is 65.4 Å². The first-order valence-corrected chi connectivity index (χ1v) is 22.3. The summed E-state index contributed by atoms with van der Waals surface area (Å²) >= 11 is 0. The number of esters is 4. The van der Waals surface area contributed by atoms with Gasteiger partial charge in [-0.25, -0.2) is 9.13 Å². The quantitative estimate of drug-likeness (QED) is 0.0260. The van der Waals surface area contributed by atoms with Gasteiger partial charge in [0.2, 0.25) is 0 Å². The molecule has 0 saturated heterocycles. The summed E-state index contributed by atoms with van der Waals surface area (Å²) in [7, 11) is -9.75. The Balaban J connectivity index is 4.77. The fourth-order valence-corrected chi connectivity index (χ4v) is 6.14. The number of aliphatic hydroxyl groups excluding tert-OH is 1. The number of rotatable bonds is 36. The topological polar surface area (TPSA) is 237 Å². The molecule has 19 heteroatoms. The summed E-state index contributed by atoms with van der Waals surface area (Å²) in [6, 6.07) is 0. The average Bonchev–Trinajstić information content (AvgIpc) is 3.13. The van der Waals surface area contributed by atoms with Gasteiger partial charge in [0.05, 0.1) is 26.4 Å². The number of carbonyl (C=O) groups is 4. The standard InChI is InChI=1S/C35H66O17P2/c1-5-9-11-12-13-14-15-16-17-18-19-22-35(40)52-30(25-45-32(37)8-4)27-49-53(41,42)47-23-29(36)24-48-54(43,44)50-28-31(26-46-33(38)20-7-3)51-34(39)21-10-6-2/h29-31,36H,5-28H2,1-4H3,(H,41,42)(H,43,44)/t29-,30-,31-/m1/s1. The van der Waals surface area contributed by atoms with Gasteiger partial charge in [-0.1, -0.05) is 98.3 Å². The number of unbranched alkanes of at least 4 members (excludes halogenated alkanes) is 11. The van der Waals surface area contributed by atoms with Gasteiger partial charge in [-0.15, -0.1) is 0 Å². The monoisotopic (exact) mass is 820 g/mol. The maximum Gasteiger partial charge on any atom is 0.472 e. The molecule has 0 fully saturated rings. The molecule has 0 bridgehead atoms. The Hall–Kier alpha value is -1.94. The summed E-state index contributed by atoms with van der Waals surface area (Å²) in [6.07, 6.45) is 10.1. The van der Waals surface area contributed by atoms with E-state index in [0.717, 1.165) is 32.1 Å². The highest BCUT2D eigenvalue weighted by molar-refractivity contribution is 7.47. The summed E-state index contributed by atoms with van der Waals surface area (Å²) in [5.41, 5.74) is 0. The molecular formula is C35H66O17P2. The van der Waals surface area contributed by atoms with Gasteiger partial charge >= 0.3 is 39.5 Å². The molecule has 5 atom stereocenters. The van der Waals surface area contributed by atoms with E-state index in [2.05, 4.69) is 6.92 Å². The number of aliphatic hydroxyl groups is 1. The second-order valence-corrected chi connectivity index (χ2v) is 15.8. The molecule has 0 aromatic carbocycles. The minimum absolute atomic E-state index is 0.0508. The Labute approximate surface area is 320 Å². The van der Waals surface area contributed by atoms with Crippen LogP contribution in [0.25, 0.3) is 0 Å². The molecule has 0 heterocycles. The van der Waals surface area contributed by atoms with Gasteiger partial charge in [-0.3, -0.25) is 37.3 Å². The van der Waals surface area contributed by atoms with Crippen molar-refractivity contribution in [2.45, 2.75) is 162 Å². The van der Waals surface area contributed by atoms with Crippen molar-refractivity contribution in [3.8, 4) is 0 Å². The molecular weight excluding hydrogens is 754 g/mol. The highest BCUT2D eigenvalue weighted by atomic mass is 31.2.